The van der Waals surface area contributed by atoms with Crippen LogP contribution in [0.5, 0.6) is 5.75 Å². The average Bonchev–Trinajstić information content (AvgIpc) is 3.11. The summed E-state index contributed by atoms with van der Waals surface area (Å²) in [6, 6.07) is 12.6. The van der Waals surface area contributed by atoms with Gasteiger partial charge in [-0.1, -0.05) is 30.0 Å². The van der Waals surface area contributed by atoms with Gasteiger partial charge in [-0.2, -0.15) is 4.68 Å². The van der Waals surface area contributed by atoms with Crippen LogP contribution in [0.4, 0.5) is 11.4 Å². The number of nitrogens with zero attached hydrogens (tertiary/aromatic N) is 5. The van der Waals surface area contributed by atoms with Gasteiger partial charge in [0.1, 0.15) is 5.75 Å². The highest BCUT2D eigenvalue weighted by atomic mass is 32.2. The van der Waals surface area contributed by atoms with Crippen LogP contribution in [0.3, 0.4) is 0 Å². The molecule has 10 nitrogen and oxygen atoms in total. The Morgan fingerprint density at radius 1 is 1.27 bits per heavy atom. The predicted octanol–water partition coefficient (Wildman–Crippen LogP) is 2.01. The summed E-state index contributed by atoms with van der Waals surface area (Å²) >= 11 is 1.11. The molecule has 2 aromatic carbocycles. The number of hydrogen-bond donors (Lipinski definition) is 2. The number of benzene rings is 2. The second-order valence-electron chi connectivity index (χ2n) is 5.00. The maximum Gasteiger partial charge on any atom is 0.273 e. The minimum Gasteiger partial charge on any atom is -0.506 e. The summed E-state index contributed by atoms with van der Waals surface area (Å²) in [4.78, 5) is 22.1. The number of nitrogens with one attached hydrogen (secondary N) is 1. The van der Waals surface area contributed by atoms with Crippen molar-refractivity contribution in [1.29, 1.82) is 0 Å². The summed E-state index contributed by atoms with van der Waals surface area (Å²) in [5.74, 6) is -0.808. The number of nitro benzene ring substituents is 1. The van der Waals surface area contributed by atoms with E-state index in [0.29, 0.717) is 5.16 Å². The summed E-state index contributed by atoms with van der Waals surface area (Å²) < 4.78 is 1.50. The van der Waals surface area contributed by atoms with Gasteiger partial charge >= 0.3 is 0 Å². The van der Waals surface area contributed by atoms with Gasteiger partial charge < -0.3 is 10.4 Å². The van der Waals surface area contributed by atoms with Crippen molar-refractivity contribution in [3.8, 4) is 11.4 Å². The number of phenolic OH excluding ortho intramolecular Hbond substituents is 1. The van der Waals surface area contributed by atoms with Crippen molar-refractivity contribution >= 4 is 29.0 Å². The van der Waals surface area contributed by atoms with E-state index >= 15 is 0 Å². The third-order valence-electron chi connectivity index (χ3n) is 3.24. The van der Waals surface area contributed by atoms with E-state index in [9.17, 15) is 20.0 Å². The van der Waals surface area contributed by atoms with Crippen LogP contribution in [0.25, 0.3) is 5.69 Å². The van der Waals surface area contributed by atoms with E-state index in [4.69, 9.17) is 0 Å². The number of para-hydroxylation sites is 1. The van der Waals surface area contributed by atoms with Crippen LogP contribution in [-0.2, 0) is 4.79 Å². The molecule has 3 aromatic rings. The molecular formula is C15H12N6O4S. The monoisotopic (exact) mass is 372 g/mol. The van der Waals surface area contributed by atoms with Crippen LogP contribution in [0, 0.1) is 10.1 Å². The van der Waals surface area contributed by atoms with E-state index in [2.05, 4.69) is 20.8 Å². The summed E-state index contributed by atoms with van der Waals surface area (Å²) in [5.41, 5.74) is 0.578. The highest BCUT2D eigenvalue weighted by Crippen LogP contribution is 2.28. The molecule has 26 heavy (non-hydrogen) atoms. The maximum atomic E-state index is 12.1. The smallest absolute Gasteiger partial charge is 0.273 e. The molecule has 0 fully saturated rings. The number of amides is 1. The predicted molar refractivity (Wildman–Crippen MR) is 93.3 cm³/mol. The zero-order chi connectivity index (χ0) is 18.5. The number of aromatic nitrogens is 4. The summed E-state index contributed by atoms with van der Waals surface area (Å²) in [5, 5.41) is 34.7. The Kier molecular flexibility index (Phi) is 5.08. The van der Waals surface area contributed by atoms with Crippen molar-refractivity contribution in [1.82, 2.24) is 20.2 Å². The number of tetrazole rings is 1. The SMILES string of the molecule is O=C(CSc1nnnn1-c1ccccc1)Nc1ccc([N+](=O)[O-])cc1O. The number of carbonyl (C=O) groups is 1. The van der Waals surface area contributed by atoms with Gasteiger partial charge in [0, 0.05) is 6.07 Å². The van der Waals surface area contributed by atoms with E-state index in [0.717, 1.165) is 23.5 Å². The molecule has 0 aliphatic carbocycles. The lowest BCUT2D eigenvalue weighted by Crippen LogP contribution is -2.14. The van der Waals surface area contributed by atoms with E-state index in [1.54, 1.807) is 0 Å². The molecule has 0 aliphatic rings. The summed E-state index contributed by atoms with van der Waals surface area (Å²) in [7, 11) is 0. The molecule has 3 rings (SSSR count). The van der Waals surface area contributed by atoms with Crippen LogP contribution in [0.1, 0.15) is 0 Å². The van der Waals surface area contributed by atoms with Crippen molar-refractivity contribution in [2.75, 3.05) is 11.1 Å². The Balaban J connectivity index is 1.64. The van der Waals surface area contributed by atoms with Gasteiger partial charge in [-0.15, -0.1) is 5.10 Å². The fourth-order valence-electron chi connectivity index (χ4n) is 2.06. The zero-order valence-corrected chi connectivity index (χ0v) is 14.0. The number of aromatic hydroxyl groups is 1. The number of anilines is 1. The third kappa shape index (κ3) is 3.95. The fraction of sp³-hybridized carbons (Fsp3) is 0.0667. The Morgan fingerprint density at radius 2 is 2.04 bits per heavy atom. The minimum absolute atomic E-state index is 0.0103. The Morgan fingerprint density at radius 3 is 2.73 bits per heavy atom. The molecule has 1 heterocycles. The van der Waals surface area contributed by atoms with Crippen LogP contribution >= 0.6 is 11.8 Å². The molecule has 0 saturated carbocycles. The first kappa shape index (κ1) is 17.4. The van der Waals surface area contributed by atoms with Crippen LogP contribution in [0.15, 0.2) is 53.7 Å². The molecule has 0 aliphatic heterocycles. The van der Waals surface area contributed by atoms with Gasteiger partial charge in [-0.05, 0) is 28.6 Å². The normalized spacial score (nSPS) is 10.5. The third-order valence-corrected chi connectivity index (χ3v) is 4.16. The fourth-order valence-corrected chi connectivity index (χ4v) is 2.75. The van der Waals surface area contributed by atoms with Gasteiger partial charge in [-0.25, -0.2) is 0 Å². The molecule has 0 spiro atoms. The lowest BCUT2D eigenvalue weighted by atomic mass is 10.2. The zero-order valence-electron chi connectivity index (χ0n) is 13.1. The van der Waals surface area contributed by atoms with E-state index in [1.165, 1.54) is 16.8 Å². The number of non-ortho nitro benzene ring substituents is 1. The Labute approximate surface area is 151 Å². The van der Waals surface area contributed by atoms with Crippen molar-refractivity contribution in [2.45, 2.75) is 5.16 Å². The van der Waals surface area contributed by atoms with Crippen LogP contribution in [-0.4, -0.2) is 41.9 Å². The molecular weight excluding hydrogens is 360 g/mol. The van der Waals surface area contributed by atoms with Crippen molar-refractivity contribution in [3.05, 3.63) is 58.6 Å². The number of carbonyl (C=O) groups excluding carboxylic acids is 1. The summed E-state index contributed by atoms with van der Waals surface area (Å²) in [6.07, 6.45) is 0. The highest BCUT2D eigenvalue weighted by molar-refractivity contribution is 7.99. The summed E-state index contributed by atoms with van der Waals surface area (Å²) in [6.45, 7) is 0. The lowest BCUT2D eigenvalue weighted by molar-refractivity contribution is -0.384. The van der Waals surface area contributed by atoms with Gasteiger partial charge in [0.15, 0.2) is 0 Å². The lowest BCUT2D eigenvalue weighted by Gasteiger charge is -2.07. The molecule has 1 amide bonds. The van der Waals surface area contributed by atoms with Crippen LogP contribution in [0.2, 0.25) is 0 Å². The molecule has 0 saturated heterocycles. The minimum atomic E-state index is -0.634. The van der Waals surface area contributed by atoms with Crippen molar-refractivity contribution in [3.63, 3.8) is 0 Å². The van der Waals surface area contributed by atoms with Gasteiger partial charge in [0.2, 0.25) is 11.1 Å². The number of phenols is 1. The van der Waals surface area contributed by atoms with Gasteiger partial charge in [-0.3, -0.25) is 14.9 Å². The number of hydrogen-bond acceptors (Lipinski definition) is 8. The largest absolute Gasteiger partial charge is 0.506 e. The van der Waals surface area contributed by atoms with Gasteiger partial charge in [0.05, 0.1) is 28.1 Å². The number of rotatable bonds is 6. The van der Waals surface area contributed by atoms with Crippen molar-refractivity contribution < 1.29 is 14.8 Å². The maximum absolute atomic E-state index is 12.1. The van der Waals surface area contributed by atoms with Gasteiger partial charge in [0.25, 0.3) is 5.69 Å². The van der Waals surface area contributed by atoms with E-state index in [1.807, 2.05) is 30.3 Å². The van der Waals surface area contributed by atoms with Crippen molar-refractivity contribution in [2.24, 2.45) is 0 Å². The average molecular weight is 372 g/mol. The van der Waals surface area contributed by atoms with Crippen LogP contribution < -0.4 is 5.32 Å². The topological polar surface area (TPSA) is 136 Å². The number of thioether (sulfide) groups is 1. The Hall–Kier alpha value is -3.47. The molecule has 1 aromatic heterocycles. The second-order valence-corrected chi connectivity index (χ2v) is 5.95. The standard InChI is InChI=1S/C15H12N6O4S/c22-13-8-11(21(24)25)6-7-12(13)16-14(23)9-26-15-17-18-19-20(15)10-4-2-1-3-5-10/h1-8,22H,9H2,(H,16,23). The number of nitro groups is 1. The first-order valence-electron chi connectivity index (χ1n) is 7.28. The molecule has 2 N–H and O–H groups in total. The Bertz CT molecular complexity index is 946. The molecule has 0 unspecified atom stereocenters. The first-order valence-corrected chi connectivity index (χ1v) is 8.27. The first-order chi connectivity index (χ1) is 12.5. The quantitative estimate of drug-likeness (QED) is 0.290. The highest BCUT2D eigenvalue weighted by Gasteiger charge is 2.14. The molecule has 11 heteroatoms. The molecule has 0 atom stereocenters. The molecule has 0 radical (unpaired) electrons. The van der Waals surface area contributed by atoms with E-state index in [-0.39, 0.29) is 22.9 Å². The molecule has 132 valence electrons. The van der Waals surface area contributed by atoms with E-state index < -0.39 is 10.8 Å². The second kappa shape index (κ2) is 7.61. The molecule has 0 bridgehead atoms.